The summed E-state index contributed by atoms with van der Waals surface area (Å²) in [6.45, 7) is 1.97. The summed E-state index contributed by atoms with van der Waals surface area (Å²) in [4.78, 5) is 31.3. The predicted octanol–water partition coefficient (Wildman–Crippen LogP) is 1.64. The first kappa shape index (κ1) is 15.7. The van der Waals surface area contributed by atoms with E-state index in [1.54, 1.807) is 35.4 Å². The first-order chi connectivity index (χ1) is 10.6. The highest BCUT2D eigenvalue weighted by Crippen LogP contribution is 2.07. The van der Waals surface area contributed by atoms with Crippen LogP contribution in [-0.4, -0.2) is 37.6 Å². The Bertz CT molecular complexity index is 623. The van der Waals surface area contributed by atoms with Crippen molar-refractivity contribution < 1.29 is 14.7 Å². The van der Waals surface area contributed by atoms with Gasteiger partial charge in [-0.25, -0.2) is 14.8 Å². The fraction of sp³-hybridized carbons (Fsp3) is 0.333. The molecule has 0 aliphatic heterocycles. The van der Waals surface area contributed by atoms with Crippen LogP contribution in [0.3, 0.4) is 0 Å². The Morgan fingerprint density at radius 2 is 2.23 bits per heavy atom. The van der Waals surface area contributed by atoms with Crippen LogP contribution in [-0.2, 0) is 4.79 Å². The second-order valence-corrected chi connectivity index (χ2v) is 4.88. The second kappa shape index (κ2) is 7.35. The Hall–Kier alpha value is -2.70. The molecule has 2 aromatic heterocycles. The van der Waals surface area contributed by atoms with Gasteiger partial charge in [-0.15, -0.1) is 0 Å². The van der Waals surface area contributed by atoms with Gasteiger partial charge in [0.25, 0.3) is 5.91 Å². The number of pyridine rings is 1. The number of nitrogens with zero attached hydrogens (tertiary/aromatic N) is 3. The maximum absolute atomic E-state index is 12.1. The summed E-state index contributed by atoms with van der Waals surface area (Å²) in [6.07, 6.45) is 8.44. The van der Waals surface area contributed by atoms with E-state index in [-0.39, 0.29) is 0 Å². The monoisotopic (exact) mass is 302 g/mol. The zero-order valence-corrected chi connectivity index (χ0v) is 12.3. The quantitative estimate of drug-likeness (QED) is 0.810. The maximum atomic E-state index is 12.1. The average Bonchev–Trinajstić information content (AvgIpc) is 3.05. The van der Waals surface area contributed by atoms with Crippen molar-refractivity contribution in [3.8, 4) is 5.82 Å². The third-order valence-electron chi connectivity index (χ3n) is 3.23. The van der Waals surface area contributed by atoms with E-state index >= 15 is 0 Å². The number of unbranched alkanes of at least 4 members (excludes halogenated alkanes) is 1. The fourth-order valence-corrected chi connectivity index (χ4v) is 1.97. The van der Waals surface area contributed by atoms with Crippen molar-refractivity contribution in [2.24, 2.45) is 0 Å². The number of nitrogens with one attached hydrogen (secondary N) is 1. The summed E-state index contributed by atoms with van der Waals surface area (Å²) >= 11 is 0. The highest BCUT2D eigenvalue weighted by atomic mass is 16.4. The minimum Gasteiger partial charge on any atom is -0.480 e. The van der Waals surface area contributed by atoms with Crippen molar-refractivity contribution in [3.05, 3.63) is 42.6 Å². The number of carboxylic acid groups (broad SMARTS) is 1. The van der Waals surface area contributed by atoms with Crippen molar-refractivity contribution in [1.29, 1.82) is 0 Å². The van der Waals surface area contributed by atoms with Gasteiger partial charge in [-0.1, -0.05) is 19.8 Å². The van der Waals surface area contributed by atoms with Gasteiger partial charge in [0, 0.05) is 18.6 Å². The molecule has 0 spiro atoms. The molecule has 2 heterocycles. The van der Waals surface area contributed by atoms with Crippen LogP contribution in [0.5, 0.6) is 0 Å². The number of aliphatic carboxylic acids is 1. The lowest BCUT2D eigenvalue weighted by Crippen LogP contribution is -2.40. The molecule has 116 valence electrons. The molecule has 1 amide bonds. The molecule has 0 saturated heterocycles. The standard InChI is InChI=1S/C15H18N4O3/c1-2-3-4-12(15(21)22)18-14(20)11-5-6-13(17-9-11)19-8-7-16-10-19/h5-10,12H,2-4H2,1H3,(H,18,20)(H,21,22). The van der Waals surface area contributed by atoms with Crippen molar-refractivity contribution in [2.75, 3.05) is 0 Å². The van der Waals surface area contributed by atoms with Crippen molar-refractivity contribution in [2.45, 2.75) is 32.2 Å². The van der Waals surface area contributed by atoms with E-state index in [0.717, 1.165) is 12.8 Å². The lowest BCUT2D eigenvalue weighted by Gasteiger charge is -2.14. The molecule has 2 aromatic rings. The van der Waals surface area contributed by atoms with Gasteiger partial charge >= 0.3 is 5.97 Å². The summed E-state index contributed by atoms with van der Waals surface area (Å²) in [5, 5.41) is 11.6. The zero-order chi connectivity index (χ0) is 15.9. The molecule has 0 aliphatic carbocycles. The van der Waals surface area contributed by atoms with Crippen molar-refractivity contribution >= 4 is 11.9 Å². The molecule has 2 rings (SSSR count). The molecule has 0 radical (unpaired) electrons. The topological polar surface area (TPSA) is 97.1 Å². The number of imidazole rings is 1. The smallest absolute Gasteiger partial charge is 0.326 e. The van der Waals surface area contributed by atoms with E-state index in [0.29, 0.717) is 17.8 Å². The van der Waals surface area contributed by atoms with E-state index in [2.05, 4.69) is 15.3 Å². The van der Waals surface area contributed by atoms with Gasteiger partial charge in [0.05, 0.1) is 5.56 Å². The van der Waals surface area contributed by atoms with Gasteiger partial charge in [0.15, 0.2) is 0 Å². The minimum atomic E-state index is -1.02. The van der Waals surface area contributed by atoms with E-state index in [4.69, 9.17) is 5.11 Å². The highest BCUT2D eigenvalue weighted by molar-refractivity contribution is 5.96. The molecule has 2 N–H and O–H groups in total. The summed E-state index contributed by atoms with van der Waals surface area (Å²) in [7, 11) is 0. The average molecular weight is 302 g/mol. The normalized spacial score (nSPS) is 11.9. The molecule has 0 saturated carbocycles. The Morgan fingerprint density at radius 3 is 2.77 bits per heavy atom. The van der Waals surface area contributed by atoms with Crippen LogP contribution < -0.4 is 5.32 Å². The van der Waals surface area contributed by atoms with Crippen LogP contribution in [0.4, 0.5) is 0 Å². The molecule has 7 heteroatoms. The van der Waals surface area contributed by atoms with Crippen molar-refractivity contribution in [1.82, 2.24) is 19.9 Å². The summed E-state index contributed by atoms with van der Waals surface area (Å²) in [5.74, 6) is -0.826. The fourth-order valence-electron chi connectivity index (χ4n) is 1.97. The Morgan fingerprint density at radius 1 is 1.41 bits per heavy atom. The minimum absolute atomic E-state index is 0.326. The molecule has 0 aliphatic rings. The second-order valence-electron chi connectivity index (χ2n) is 4.88. The van der Waals surface area contributed by atoms with Gasteiger partial charge in [0.1, 0.15) is 18.2 Å². The SMILES string of the molecule is CCCCC(NC(=O)c1ccc(-n2ccnc2)nc1)C(=O)O. The van der Waals surface area contributed by atoms with Gasteiger partial charge in [-0.05, 0) is 18.6 Å². The Labute approximate surface area is 128 Å². The number of rotatable bonds is 7. The van der Waals surface area contributed by atoms with Crippen LogP contribution in [0.2, 0.25) is 0 Å². The number of hydrogen-bond acceptors (Lipinski definition) is 4. The van der Waals surface area contributed by atoms with Crippen molar-refractivity contribution in [3.63, 3.8) is 0 Å². The molecule has 7 nitrogen and oxygen atoms in total. The number of carboxylic acids is 1. The maximum Gasteiger partial charge on any atom is 0.326 e. The molecular weight excluding hydrogens is 284 g/mol. The summed E-state index contributed by atoms with van der Waals surface area (Å²) in [5.41, 5.74) is 0.326. The first-order valence-corrected chi connectivity index (χ1v) is 7.10. The summed E-state index contributed by atoms with van der Waals surface area (Å²) in [6, 6.07) is 2.41. The Balaban J connectivity index is 2.04. The third kappa shape index (κ3) is 3.91. The first-order valence-electron chi connectivity index (χ1n) is 7.10. The number of amides is 1. The van der Waals surface area contributed by atoms with Gasteiger partial charge in [-0.3, -0.25) is 9.36 Å². The predicted molar refractivity (Wildman–Crippen MR) is 79.8 cm³/mol. The zero-order valence-electron chi connectivity index (χ0n) is 12.3. The summed E-state index contributed by atoms with van der Waals surface area (Å²) < 4.78 is 1.71. The van der Waals surface area contributed by atoms with E-state index in [9.17, 15) is 9.59 Å². The molecule has 1 atom stereocenters. The lowest BCUT2D eigenvalue weighted by molar-refractivity contribution is -0.139. The van der Waals surface area contributed by atoms with Gasteiger partial charge < -0.3 is 10.4 Å². The number of carbonyl (C=O) groups is 2. The van der Waals surface area contributed by atoms with Crippen LogP contribution in [0.15, 0.2) is 37.1 Å². The highest BCUT2D eigenvalue weighted by Gasteiger charge is 2.20. The molecule has 0 fully saturated rings. The van der Waals surface area contributed by atoms with Crippen LogP contribution in [0, 0.1) is 0 Å². The Kier molecular flexibility index (Phi) is 5.24. The number of hydrogen-bond donors (Lipinski definition) is 2. The lowest BCUT2D eigenvalue weighted by atomic mass is 10.1. The van der Waals surface area contributed by atoms with Crippen LogP contribution in [0.25, 0.3) is 5.82 Å². The largest absolute Gasteiger partial charge is 0.480 e. The van der Waals surface area contributed by atoms with Crippen LogP contribution in [0.1, 0.15) is 36.5 Å². The van der Waals surface area contributed by atoms with E-state index in [1.807, 2.05) is 6.92 Å². The van der Waals surface area contributed by atoms with E-state index < -0.39 is 17.9 Å². The molecule has 22 heavy (non-hydrogen) atoms. The molecule has 1 unspecified atom stereocenters. The van der Waals surface area contributed by atoms with Crippen LogP contribution >= 0.6 is 0 Å². The molecule has 0 bridgehead atoms. The van der Waals surface area contributed by atoms with Gasteiger partial charge in [0.2, 0.25) is 0 Å². The number of aromatic nitrogens is 3. The van der Waals surface area contributed by atoms with E-state index in [1.165, 1.54) is 6.20 Å². The number of carbonyl (C=O) groups excluding carboxylic acids is 1. The molecule has 0 aromatic carbocycles. The molecular formula is C15H18N4O3. The van der Waals surface area contributed by atoms with Gasteiger partial charge in [-0.2, -0.15) is 0 Å². The third-order valence-corrected chi connectivity index (χ3v) is 3.23.